The molecule has 1 aromatic heterocycles. The number of hydrogen-bond donors (Lipinski definition) is 1. The summed E-state index contributed by atoms with van der Waals surface area (Å²) < 4.78 is 5.15. The van der Waals surface area contributed by atoms with Crippen molar-refractivity contribution in [2.75, 3.05) is 12.9 Å². The standard InChI is InChI=1S/C13H13N3O4S/c1-19-15-9(8-4-2-6-20-8)11(17)14-10-12(18)16-5-3-7-21-13(10)16/h2-6,10,13H,7H2,1H3,(H,14,17)/b15-9-/t10?,13-/m1/s1. The van der Waals surface area contributed by atoms with Crippen molar-refractivity contribution in [2.24, 2.45) is 5.16 Å². The lowest BCUT2D eigenvalue weighted by Crippen LogP contribution is -2.68. The molecule has 1 aromatic rings. The van der Waals surface area contributed by atoms with Gasteiger partial charge in [0.15, 0.2) is 5.76 Å². The number of carbonyl (C=O) groups is 2. The molecule has 0 saturated carbocycles. The number of hydrogen-bond acceptors (Lipinski definition) is 6. The third-order valence-corrected chi connectivity index (χ3v) is 4.37. The molecule has 2 aliphatic heterocycles. The molecule has 1 N–H and O–H groups in total. The van der Waals surface area contributed by atoms with Gasteiger partial charge in [0.1, 0.15) is 18.5 Å². The molecule has 0 radical (unpaired) electrons. The summed E-state index contributed by atoms with van der Waals surface area (Å²) in [5.74, 6) is 0.472. The van der Waals surface area contributed by atoms with E-state index in [1.165, 1.54) is 13.4 Å². The summed E-state index contributed by atoms with van der Waals surface area (Å²) >= 11 is 1.60. The lowest BCUT2D eigenvalue weighted by atomic mass is 10.1. The van der Waals surface area contributed by atoms with Crippen molar-refractivity contribution in [3.05, 3.63) is 36.4 Å². The minimum absolute atomic E-state index is 0.00472. The van der Waals surface area contributed by atoms with Gasteiger partial charge >= 0.3 is 0 Å². The minimum Gasteiger partial charge on any atom is -0.462 e. The van der Waals surface area contributed by atoms with Gasteiger partial charge in [0.2, 0.25) is 5.71 Å². The van der Waals surface area contributed by atoms with E-state index in [9.17, 15) is 9.59 Å². The predicted octanol–water partition coefficient (Wildman–Crippen LogP) is 0.544. The molecular formula is C13H13N3O4S. The summed E-state index contributed by atoms with van der Waals surface area (Å²) in [6.45, 7) is 0. The summed E-state index contributed by atoms with van der Waals surface area (Å²) in [4.78, 5) is 30.5. The molecule has 0 spiro atoms. The minimum atomic E-state index is -0.551. The van der Waals surface area contributed by atoms with Crippen LogP contribution in [0.25, 0.3) is 0 Å². The number of nitrogens with zero attached hydrogens (tertiary/aromatic N) is 2. The summed E-state index contributed by atoms with van der Waals surface area (Å²) in [7, 11) is 1.34. The molecule has 0 bridgehead atoms. The van der Waals surface area contributed by atoms with Gasteiger partial charge in [-0.15, -0.1) is 11.8 Å². The molecule has 0 aliphatic carbocycles. The first kappa shape index (κ1) is 13.7. The van der Waals surface area contributed by atoms with Gasteiger partial charge in [-0.1, -0.05) is 11.2 Å². The van der Waals surface area contributed by atoms with Gasteiger partial charge in [-0.3, -0.25) is 9.59 Å². The van der Waals surface area contributed by atoms with E-state index in [4.69, 9.17) is 4.42 Å². The Bertz CT molecular complexity index is 611. The molecule has 0 aromatic carbocycles. The van der Waals surface area contributed by atoms with Crippen LogP contribution in [-0.4, -0.2) is 46.7 Å². The van der Waals surface area contributed by atoms with Gasteiger partial charge in [0, 0.05) is 12.0 Å². The number of rotatable bonds is 4. The van der Waals surface area contributed by atoms with Gasteiger partial charge in [-0.2, -0.15) is 0 Å². The van der Waals surface area contributed by atoms with Gasteiger partial charge < -0.3 is 19.5 Å². The highest BCUT2D eigenvalue weighted by atomic mass is 32.2. The van der Waals surface area contributed by atoms with Crippen LogP contribution >= 0.6 is 11.8 Å². The average molecular weight is 307 g/mol. The molecule has 3 heterocycles. The van der Waals surface area contributed by atoms with Crippen LogP contribution in [0.3, 0.4) is 0 Å². The van der Waals surface area contributed by atoms with Crippen molar-refractivity contribution in [2.45, 2.75) is 11.4 Å². The van der Waals surface area contributed by atoms with Crippen LogP contribution in [0.2, 0.25) is 0 Å². The van der Waals surface area contributed by atoms with Gasteiger partial charge in [-0.25, -0.2) is 0 Å². The molecule has 21 heavy (non-hydrogen) atoms. The second kappa shape index (κ2) is 5.65. The van der Waals surface area contributed by atoms with E-state index in [0.717, 1.165) is 5.75 Å². The first-order valence-corrected chi connectivity index (χ1v) is 7.33. The molecular weight excluding hydrogens is 294 g/mol. The van der Waals surface area contributed by atoms with E-state index >= 15 is 0 Å². The third kappa shape index (κ3) is 2.42. The maximum atomic E-state index is 12.3. The molecule has 2 amide bonds. The topological polar surface area (TPSA) is 84.1 Å². The Morgan fingerprint density at radius 2 is 2.48 bits per heavy atom. The number of nitrogens with one attached hydrogen (secondary N) is 1. The molecule has 1 unspecified atom stereocenters. The first-order valence-electron chi connectivity index (χ1n) is 6.28. The number of fused-ring (bicyclic) bond motifs is 1. The van der Waals surface area contributed by atoms with Crippen molar-refractivity contribution in [1.29, 1.82) is 0 Å². The Morgan fingerprint density at radius 1 is 1.62 bits per heavy atom. The number of carbonyl (C=O) groups excluding carboxylic acids is 2. The molecule has 7 nitrogen and oxygen atoms in total. The zero-order chi connectivity index (χ0) is 14.8. The quantitative estimate of drug-likeness (QED) is 0.499. The van der Waals surface area contributed by atoms with E-state index in [1.807, 2.05) is 6.08 Å². The number of amides is 2. The van der Waals surface area contributed by atoms with E-state index in [0.29, 0.717) is 0 Å². The monoisotopic (exact) mass is 307 g/mol. The van der Waals surface area contributed by atoms with Crippen molar-refractivity contribution in [3.8, 4) is 0 Å². The highest BCUT2D eigenvalue weighted by Gasteiger charge is 2.48. The second-order valence-corrected chi connectivity index (χ2v) is 5.55. The fourth-order valence-electron chi connectivity index (χ4n) is 2.18. The Balaban J connectivity index is 1.72. The summed E-state index contributed by atoms with van der Waals surface area (Å²) in [5, 5.41) is 6.29. The molecule has 1 saturated heterocycles. The summed E-state index contributed by atoms with van der Waals surface area (Å²) in [6.07, 6.45) is 5.10. The second-order valence-electron chi connectivity index (χ2n) is 4.41. The molecule has 2 atom stereocenters. The van der Waals surface area contributed by atoms with Crippen LogP contribution in [-0.2, 0) is 14.4 Å². The Morgan fingerprint density at radius 3 is 3.19 bits per heavy atom. The Labute approximate surface area is 125 Å². The van der Waals surface area contributed by atoms with Gasteiger partial charge in [0.25, 0.3) is 11.8 Å². The van der Waals surface area contributed by atoms with Crippen LogP contribution < -0.4 is 5.32 Å². The lowest BCUT2D eigenvalue weighted by molar-refractivity contribution is -0.143. The van der Waals surface area contributed by atoms with Crippen LogP contribution in [0.15, 0.2) is 40.2 Å². The third-order valence-electron chi connectivity index (χ3n) is 3.15. The van der Waals surface area contributed by atoms with Crippen molar-refractivity contribution in [1.82, 2.24) is 10.2 Å². The van der Waals surface area contributed by atoms with Crippen LogP contribution in [0.1, 0.15) is 5.76 Å². The molecule has 3 rings (SSSR count). The lowest BCUT2D eigenvalue weighted by Gasteiger charge is -2.46. The fraction of sp³-hybridized carbons (Fsp3) is 0.308. The molecule has 2 aliphatic rings. The largest absolute Gasteiger partial charge is 0.462 e. The molecule has 8 heteroatoms. The Hall–Kier alpha value is -2.22. The maximum absolute atomic E-state index is 12.3. The van der Waals surface area contributed by atoms with Gasteiger partial charge in [-0.05, 0) is 12.1 Å². The normalized spacial score (nSPS) is 24.3. The SMILES string of the molecule is CO/N=C(\C(=O)NC1C(=O)N2C=CCS[C@H]12)c1ccco1. The van der Waals surface area contributed by atoms with E-state index < -0.39 is 11.9 Å². The highest BCUT2D eigenvalue weighted by molar-refractivity contribution is 8.00. The van der Waals surface area contributed by atoms with Gasteiger partial charge in [0.05, 0.1) is 6.26 Å². The number of furan rings is 1. The summed E-state index contributed by atoms with van der Waals surface area (Å²) in [6, 6.07) is 2.69. The predicted molar refractivity (Wildman–Crippen MR) is 76.4 cm³/mol. The number of thioether (sulfide) groups is 1. The van der Waals surface area contributed by atoms with E-state index in [1.54, 1.807) is 35.0 Å². The molecule has 1 fully saturated rings. The Kier molecular flexibility index (Phi) is 3.70. The smallest absolute Gasteiger partial charge is 0.277 e. The van der Waals surface area contributed by atoms with Crippen LogP contribution in [0.4, 0.5) is 0 Å². The van der Waals surface area contributed by atoms with E-state index in [-0.39, 0.29) is 22.8 Å². The van der Waals surface area contributed by atoms with E-state index in [2.05, 4.69) is 15.3 Å². The highest BCUT2D eigenvalue weighted by Crippen LogP contribution is 2.33. The number of oxime groups is 1. The summed E-state index contributed by atoms with van der Waals surface area (Å²) in [5.41, 5.74) is 0.00472. The first-order chi connectivity index (χ1) is 10.2. The molecule has 110 valence electrons. The van der Waals surface area contributed by atoms with Crippen molar-refractivity contribution in [3.63, 3.8) is 0 Å². The van der Waals surface area contributed by atoms with Crippen LogP contribution in [0.5, 0.6) is 0 Å². The number of β-lactam (4-membered cyclic amide) rings is 1. The fourth-order valence-corrected chi connectivity index (χ4v) is 3.28. The zero-order valence-electron chi connectivity index (χ0n) is 11.2. The van der Waals surface area contributed by atoms with Crippen LogP contribution in [0, 0.1) is 0 Å². The maximum Gasteiger partial charge on any atom is 0.277 e. The van der Waals surface area contributed by atoms with Crippen molar-refractivity contribution >= 4 is 29.3 Å². The average Bonchev–Trinajstić information content (AvgIpc) is 3.03. The van der Waals surface area contributed by atoms with Crippen molar-refractivity contribution < 1.29 is 18.8 Å². The zero-order valence-corrected chi connectivity index (χ0v) is 12.0.